The first kappa shape index (κ1) is 24.4. The lowest BCUT2D eigenvalue weighted by Gasteiger charge is -2.25. The van der Waals surface area contributed by atoms with E-state index >= 15 is 0 Å². The third-order valence-corrected chi connectivity index (χ3v) is 10.0. The van der Waals surface area contributed by atoms with Crippen molar-refractivity contribution in [3.8, 4) is 66.8 Å². The van der Waals surface area contributed by atoms with Crippen LogP contribution in [0.3, 0.4) is 0 Å². The fraction of sp³-hybridized carbons (Fsp3) is 0. The van der Waals surface area contributed by atoms with E-state index < -0.39 is 0 Å². The lowest BCUT2D eigenvalue weighted by atomic mass is 9.78. The average Bonchev–Trinajstić information content (AvgIpc) is 3.45. The number of benzene rings is 7. The van der Waals surface area contributed by atoms with Crippen molar-refractivity contribution < 1.29 is 0 Å². The third-order valence-electron chi connectivity index (χ3n) is 8.89. The van der Waals surface area contributed by atoms with Gasteiger partial charge in [-0.05, 0) is 85.0 Å². The first-order valence-corrected chi connectivity index (χ1v) is 15.6. The van der Waals surface area contributed by atoms with Crippen molar-refractivity contribution in [2.24, 2.45) is 0 Å². The molecule has 0 spiro atoms. The highest BCUT2D eigenvalue weighted by atomic mass is 32.1. The first-order valence-electron chi connectivity index (χ1n) is 14.8. The minimum atomic E-state index is 1.23. The minimum Gasteiger partial charge on any atom is -0.135 e. The highest BCUT2D eigenvalue weighted by Gasteiger charge is 2.23. The van der Waals surface area contributed by atoms with Crippen molar-refractivity contribution in [2.45, 2.75) is 0 Å². The van der Waals surface area contributed by atoms with Crippen molar-refractivity contribution in [2.75, 3.05) is 0 Å². The van der Waals surface area contributed by atoms with Gasteiger partial charge in [0.2, 0.25) is 0 Å². The van der Waals surface area contributed by atoms with E-state index in [1.807, 2.05) is 11.3 Å². The van der Waals surface area contributed by atoms with Crippen molar-refractivity contribution in [1.29, 1.82) is 0 Å². The summed E-state index contributed by atoms with van der Waals surface area (Å²) in [6.07, 6.45) is 0. The van der Waals surface area contributed by atoms with Gasteiger partial charge in [0.15, 0.2) is 0 Å². The van der Waals surface area contributed by atoms with Crippen LogP contribution >= 0.6 is 11.3 Å². The molecule has 0 saturated heterocycles. The van der Waals surface area contributed by atoms with Gasteiger partial charge in [-0.1, -0.05) is 140 Å². The third kappa shape index (κ3) is 3.82. The fourth-order valence-electron chi connectivity index (χ4n) is 6.90. The zero-order valence-corrected chi connectivity index (χ0v) is 24.2. The Bertz CT molecular complexity index is 2330. The van der Waals surface area contributed by atoms with Crippen molar-refractivity contribution in [3.05, 3.63) is 158 Å². The zero-order valence-electron chi connectivity index (χ0n) is 23.4. The molecule has 9 rings (SSSR count). The quantitative estimate of drug-likeness (QED) is 0.197. The molecule has 7 aromatic carbocycles. The fourth-order valence-corrected chi connectivity index (χ4v) is 7.98. The largest absolute Gasteiger partial charge is 0.135 e. The first-order chi connectivity index (χ1) is 21.3. The van der Waals surface area contributed by atoms with Gasteiger partial charge in [-0.2, -0.15) is 0 Å². The maximum absolute atomic E-state index is 2.35. The van der Waals surface area contributed by atoms with Gasteiger partial charge in [-0.25, -0.2) is 0 Å². The normalized spacial score (nSPS) is 11.7. The summed E-state index contributed by atoms with van der Waals surface area (Å²) in [6, 6.07) is 58.1. The molecule has 1 aliphatic carbocycles. The number of hydrogen-bond donors (Lipinski definition) is 0. The molecule has 0 bridgehead atoms. The summed E-state index contributed by atoms with van der Waals surface area (Å²) in [5.74, 6) is 0. The molecule has 0 N–H and O–H groups in total. The van der Waals surface area contributed by atoms with Crippen molar-refractivity contribution >= 4 is 31.5 Å². The molecule has 0 radical (unpaired) electrons. The Labute approximate surface area is 255 Å². The number of rotatable bonds is 2. The van der Waals surface area contributed by atoms with Crippen LogP contribution in [0.5, 0.6) is 0 Å². The van der Waals surface area contributed by atoms with Crippen LogP contribution in [0.15, 0.2) is 158 Å². The zero-order chi connectivity index (χ0) is 28.3. The molecule has 200 valence electrons. The monoisotopic (exact) mass is 562 g/mol. The smallest absolute Gasteiger partial charge is 0.0355 e. The molecule has 43 heavy (non-hydrogen) atoms. The van der Waals surface area contributed by atoms with E-state index in [4.69, 9.17) is 0 Å². The Morgan fingerprint density at radius 2 is 0.744 bits per heavy atom. The highest BCUT2D eigenvalue weighted by Crippen LogP contribution is 2.50. The predicted molar refractivity (Wildman–Crippen MR) is 186 cm³/mol. The summed E-state index contributed by atoms with van der Waals surface area (Å²) in [5.41, 5.74) is 15.2. The average molecular weight is 563 g/mol. The topological polar surface area (TPSA) is 0 Å². The van der Waals surface area contributed by atoms with Crippen molar-refractivity contribution in [1.82, 2.24) is 0 Å². The Morgan fingerprint density at radius 3 is 1.44 bits per heavy atom. The highest BCUT2D eigenvalue weighted by molar-refractivity contribution is 7.25. The SMILES string of the molecule is c1ccc2c(c1)-c1ccccc1-c1cccc(-c3ccc(-c4ccc5sc6ccccc6c5c4)cc3)c1-c1ccccc1-2. The molecule has 0 nitrogen and oxygen atoms in total. The van der Waals surface area contributed by atoms with E-state index in [0.29, 0.717) is 0 Å². The van der Waals surface area contributed by atoms with Crippen LogP contribution in [0.25, 0.3) is 86.9 Å². The predicted octanol–water partition coefficient (Wildman–Crippen LogP) is 12.4. The molecule has 8 aromatic rings. The standard InChI is InChI=1S/C42H26S/c1-2-11-32-31(10-1)33-12-3-4-13-35(33)38-18-9-17-30(42(38)37-16-6-5-14-34(32)37)28-22-20-27(21-23-28)29-24-25-41-39(26-29)36-15-7-8-19-40(36)43-41/h1-26H. The molecule has 0 unspecified atom stereocenters. The summed E-state index contributed by atoms with van der Waals surface area (Å²) in [6.45, 7) is 0. The van der Waals surface area contributed by atoms with Crippen LogP contribution in [-0.2, 0) is 0 Å². The summed E-state index contributed by atoms with van der Waals surface area (Å²) >= 11 is 1.87. The molecule has 0 amide bonds. The maximum atomic E-state index is 2.35. The van der Waals surface area contributed by atoms with Gasteiger partial charge >= 0.3 is 0 Å². The van der Waals surface area contributed by atoms with E-state index in [0.717, 1.165) is 0 Å². The second-order valence-corrected chi connectivity index (χ2v) is 12.3. The van der Waals surface area contributed by atoms with Gasteiger partial charge in [-0.15, -0.1) is 11.3 Å². The van der Waals surface area contributed by atoms with E-state index in [1.165, 1.54) is 86.9 Å². The van der Waals surface area contributed by atoms with Gasteiger partial charge in [0.25, 0.3) is 0 Å². The van der Waals surface area contributed by atoms with Crippen LogP contribution in [0.1, 0.15) is 0 Å². The molecule has 0 fully saturated rings. The van der Waals surface area contributed by atoms with Crippen LogP contribution in [0.2, 0.25) is 0 Å². The molecule has 1 heterocycles. The Balaban J connectivity index is 1.23. The van der Waals surface area contributed by atoms with Gasteiger partial charge in [0.05, 0.1) is 0 Å². The van der Waals surface area contributed by atoms with E-state index in [-0.39, 0.29) is 0 Å². The summed E-state index contributed by atoms with van der Waals surface area (Å²) in [7, 11) is 0. The van der Waals surface area contributed by atoms with Gasteiger partial charge in [0, 0.05) is 20.2 Å². The number of hydrogen-bond acceptors (Lipinski definition) is 1. The molecule has 0 atom stereocenters. The molecule has 1 aromatic heterocycles. The summed E-state index contributed by atoms with van der Waals surface area (Å²) in [4.78, 5) is 0. The van der Waals surface area contributed by atoms with Crippen LogP contribution < -0.4 is 0 Å². The Kier molecular flexibility index (Phi) is 5.47. The Morgan fingerprint density at radius 1 is 0.279 bits per heavy atom. The van der Waals surface area contributed by atoms with Crippen LogP contribution in [0.4, 0.5) is 0 Å². The Hall–Kier alpha value is -5.24. The van der Waals surface area contributed by atoms with Gasteiger partial charge < -0.3 is 0 Å². The summed E-state index contributed by atoms with van der Waals surface area (Å²) in [5, 5.41) is 2.67. The number of fused-ring (bicyclic) bond motifs is 11. The molecule has 1 heteroatoms. The van der Waals surface area contributed by atoms with E-state index in [2.05, 4.69) is 158 Å². The van der Waals surface area contributed by atoms with Crippen LogP contribution in [-0.4, -0.2) is 0 Å². The molecule has 0 aliphatic heterocycles. The lowest BCUT2D eigenvalue weighted by Crippen LogP contribution is -1.98. The van der Waals surface area contributed by atoms with Crippen LogP contribution in [0, 0.1) is 0 Å². The number of thiophene rings is 1. The van der Waals surface area contributed by atoms with Gasteiger partial charge in [0.1, 0.15) is 0 Å². The molecule has 0 saturated carbocycles. The van der Waals surface area contributed by atoms with E-state index in [9.17, 15) is 0 Å². The molecule has 1 aliphatic rings. The second-order valence-electron chi connectivity index (χ2n) is 11.3. The van der Waals surface area contributed by atoms with E-state index in [1.54, 1.807) is 0 Å². The summed E-state index contributed by atoms with van der Waals surface area (Å²) < 4.78 is 2.68. The van der Waals surface area contributed by atoms with Gasteiger partial charge in [-0.3, -0.25) is 0 Å². The minimum absolute atomic E-state index is 1.23. The molecular formula is C42H26S. The maximum Gasteiger partial charge on any atom is 0.0355 e. The second kappa shape index (κ2) is 9.66. The molecular weight excluding hydrogens is 537 g/mol. The lowest BCUT2D eigenvalue weighted by molar-refractivity contribution is 1.51. The van der Waals surface area contributed by atoms with Crippen molar-refractivity contribution in [3.63, 3.8) is 0 Å².